The molecule has 1 rings (SSSR count). The van der Waals surface area contributed by atoms with Crippen LogP contribution in [0.2, 0.25) is 5.15 Å². The molecule has 1 heterocycles. The summed E-state index contributed by atoms with van der Waals surface area (Å²) in [6, 6.07) is 2.76. The van der Waals surface area contributed by atoms with Crippen molar-refractivity contribution in [1.29, 1.82) is 0 Å². The minimum Gasteiger partial charge on any atom is -0.479 e. The number of aliphatic carboxylic acids is 1. The molecule has 1 aromatic heterocycles. The highest BCUT2D eigenvalue weighted by atomic mass is 35.5. The number of carbonyl (C=O) groups excluding carboxylic acids is 1. The first-order valence-electron chi connectivity index (χ1n) is 4.31. The van der Waals surface area contributed by atoms with E-state index in [4.69, 9.17) is 21.8 Å². The molecule has 86 valence electrons. The summed E-state index contributed by atoms with van der Waals surface area (Å²) >= 11 is 5.57. The lowest BCUT2D eigenvalue weighted by Crippen LogP contribution is -2.36. The van der Waals surface area contributed by atoms with E-state index in [0.717, 1.165) is 0 Å². The second-order valence-electron chi connectivity index (χ2n) is 2.93. The molecule has 3 N–H and O–H groups in total. The molecule has 0 aliphatic heterocycles. The van der Waals surface area contributed by atoms with E-state index >= 15 is 0 Å². The maximum atomic E-state index is 11.4. The topological polar surface area (TPSA) is 99.5 Å². The first-order valence-corrected chi connectivity index (χ1v) is 4.69. The number of aromatic nitrogens is 1. The van der Waals surface area contributed by atoms with Gasteiger partial charge in [0.25, 0.3) is 5.91 Å². The zero-order valence-electron chi connectivity index (χ0n) is 8.05. The number of carboxylic acids is 1. The molecule has 16 heavy (non-hydrogen) atoms. The maximum Gasteiger partial charge on any atom is 0.334 e. The monoisotopic (exact) mass is 244 g/mol. The Morgan fingerprint density at radius 1 is 1.56 bits per heavy atom. The van der Waals surface area contributed by atoms with Crippen molar-refractivity contribution in [2.24, 2.45) is 0 Å². The van der Waals surface area contributed by atoms with Gasteiger partial charge in [0.05, 0.1) is 6.54 Å². The quantitative estimate of drug-likeness (QED) is 0.643. The molecule has 1 amide bonds. The van der Waals surface area contributed by atoms with Gasteiger partial charge in [-0.3, -0.25) is 4.79 Å². The number of hydrogen-bond donors (Lipinski definition) is 3. The number of aliphatic hydroxyl groups is 1. The molecular formula is C9H9ClN2O4. The Morgan fingerprint density at radius 3 is 2.81 bits per heavy atom. The third-order valence-corrected chi connectivity index (χ3v) is 1.94. The van der Waals surface area contributed by atoms with Crippen molar-refractivity contribution in [2.75, 3.05) is 6.54 Å². The second-order valence-corrected chi connectivity index (χ2v) is 3.32. The first kappa shape index (κ1) is 12.4. The van der Waals surface area contributed by atoms with Crippen LogP contribution >= 0.6 is 11.6 Å². The van der Waals surface area contributed by atoms with Gasteiger partial charge >= 0.3 is 5.97 Å². The van der Waals surface area contributed by atoms with Crippen LogP contribution in [-0.4, -0.2) is 39.7 Å². The van der Waals surface area contributed by atoms with E-state index in [1.54, 1.807) is 0 Å². The van der Waals surface area contributed by atoms with E-state index < -0.39 is 18.0 Å². The molecule has 0 aliphatic carbocycles. The van der Waals surface area contributed by atoms with E-state index in [1.165, 1.54) is 18.3 Å². The highest BCUT2D eigenvalue weighted by Gasteiger charge is 2.14. The van der Waals surface area contributed by atoms with E-state index in [1.807, 2.05) is 0 Å². The van der Waals surface area contributed by atoms with Crippen molar-refractivity contribution < 1.29 is 19.8 Å². The number of rotatable bonds is 4. The van der Waals surface area contributed by atoms with E-state index in [-0.39, 0.29) is 17.3 Å². The number of nitrogens with one attached hydrogen (secondary N) is 1. The van der Waals surface area contributed by atoms with E-state index in [0.29, 0.717) is 0 Å². The summed E-state index contributed by atoms with van der Waals surface area (Å²) in [7, 11) is 0. The summed E-state index contributed by atoms with van der Waals surface area (Å²) in [6.45, 7) is -0.367. The van der Waals surface area contributed by atoms with Crippen molar-refractivity contribution in [3.63, 3.8) is 0 Å². The Morgan fingerprint density at radius 2 is 2.25 bits per heavy atom. The van der Waals surface area contributed by atoms with Gasteiger partial charge in [0.15, 0.2) is 6.10 Å². The number of carbonyl (C=O) groups is 2. The Labute approximate surface area is 95.9 Å². The van der Waals surface area contributed by atoms with Gasteiger partial charge in [-0.05, 0) is 12.1 Å². The predicted octanol–water partition coefficient (Wildman–Crippen LogP) is -0.0897. The fraction of sp³-hybridized carbons (Fsp3) is 0.222. The van der Waals surface area contributed by atoms with Crippen LogP contribution < -0.4 is 5.32 Å². The van der Waals surface area contributed by atoms with Crippen molar-refractivity contribution in [2.45, 2.75) is 6.10 Å². The highest BCUT2D eigenvalue weighted by Crippen LogP contribution is 2.06. The Bertz CT molecular complexity index is 410. The summed E-state index contributed by atoms with van der Waals surface area (Å²) in [5.41, 5.74) is 0.248. The lowest BCUT2D eigenvalue weighted by molar-refractivity contribution is -0.146. The van der Waals surface area contributed by atoms with Crippen LogP contribution in [0.4, 0.5) is 0 Å². The van der Waals surface area contributed by atoms with Gasteiger partial charge in [-0.1, -0.05) is 11.6 Å². The Balaban J connectivity index is 2.56. The third-order valence-electron chi connectivity index (χ3n) is 1.73. The van der Waals surface area contributed by atoms with E-state index in [9.17, 15) is 9.59 Å². The number of amides is 1. The van der Waals surface area contributed by atoms with Gasteiger partial charge < -0.3 is 15.5 Å². The van der Waals surface area contributed by atoms with Crippen LogP contribution in [0.25, 0.3) is 0 Å². The summed E-state index contributed by atoms with van der Waals surface area (Å²) in [4.78, 5) is 25.4. The van der Waals surface area contributed by atoms with Crippen molar-refractivity contribution in [3.05, 3.63) is 29.0 Å². The van der Waals surface area contributed by atoms with Crippen molar-refractivity contribution in [3.8, 4) is 0 Å². The normalized spacial score (nSPS) is 11.9. The molecule has 0 saturated carbocycles. The molecule has 1 atom stereocenters. The number of carboxylic acid groups (broad SMARTS) is 1. The number of hydrogen-bond acceptors (Lipinski definition) is 4. The number of halogens is 1. The van der Waals surface area contributed by atoms with Gasteiger partial charge in [0, 0.05) is 11.8 Å². The molecule has 0 unspecified atom stereocenters. The van der Waals surface area contributed by atoms with Crippen LogP contribution in [0.3, 0.4) is 0 Å². The second kappa shape index (κ2) is 5.43. The lowest BCUT2D eigenvalue weighted by Gasteiger charge is -2.07. The van der Waals surface area contributed by atoms with Gasteiger partial charge in [-0.15, -0.1) is 0 Å². The molecule has 6 nitrogen and oxygen atoms in total. The maximum absolute atomic E-state index is 11.4. The van der Waals surface area contributed by atoms with Crippen LogP contribution in [0.1, 0.15) is 10.4 Å². The van der Waals surface area contributed by atoms with Crippen molar-refractivity contribution >= 4 is 23.5 Å². The molecule has 0 fully saturated rings. The summed E-state index contributed by atoms with van der Waals surface area (Å²) in [6.07, 6.45) is -0.272. The predicted molar refractivity (Wildman–Crippen MR) is 55.2 cm³/mol. The zero-order chi connectivity index (χ0) is 12.1. The number of aliphatic hydroxyl groups excluding tert-OH is 1. The third kappa shape index (κ3) is 3.48. The average Bonchev–Trinajstić information content (AvgIpc) is 2.25. The molecule has 7 heteroatoms. The van der Waals surface area contributed by atoms with E-state index in [2.05, 4.69) is 10.3 Å². The largest absolute Gasteiger partial charge is 0.479 e. The van der Waals surface area contributed by atoms with Crippen LogP contribution in [-0.2, 0) is 4.79 Å². The van der Waals surface area contributed by atoms with Gasteiger partial charge in [0.2, 0.25) is 0 Å². The molecule has 0 spiro atoms. The molecule has 1 aromatic rings. The summed E-state index contributed by atoms with van der Waals surface area (Å²) in [5.74, 6) is -1.92. The van der Waals surface area contributed by atoms with Crippen LogP contribution in [0.5, 0.6) is 0 Å². The molecule has 0 radical (unpaired) electrons. The molecular weight excluding hydrogens is 236 g/mol. The SMILES string of the molecule is O=C(NC[C@H](O)C(=O)O)c1ccnc(Cl)c1. The highest BCUT2D eigenvalue weighted by molar-refractivity contribution is 6.29. The van der Waals surface area contributed by atoms with Gasteiger partial charge in [0.1, 0.15) is 5.15 Å². The Hall–Kier alpha value is -1.66. The molecule has 0 aromatic carbocycles. The fourth-order valence-electron chi connectivity index (χ4n) is 0.922. The standard InChI is InChI=1S/C9H9ClN2O4/c10-7-3-5(1-2-11-7)8(14)12-4-6(13)9(15)16/h1-3,6,13H,4H2,(H,12,14)(H,15,16)/t6-/m0/s1. The molecule has 0 aliphatic rings. The van der Waals surface area contributed by atoms with Crippen molar-refractivity contribution in [1.82, 2.24) is 10.3 Å². The molecule has 0 saturated heterocycles. The summed E-state index contributed by atoms with van der Waals surface area (Å²) in [5, 5.41) is 19.7. The van der Waals surface area contributed by atoms with Gasteiger partial charge in [-0.2, -0.15) is 0 Å². The smallest absolute Gasteiger partial charge is 0.334 e. The lowest BCUT2D eigenvalue weighted by atomic mass is 10.2. The Kier molecular flexibility index (Phi) is 4.21. The van der Waals surface area contributed by atoms with Crippen LogP contribution in [0.15, 0.2) is 18.3 Å². The fourth-order valence-corrected chi connectivity index (χ4v) is 1.10. The van der Waals surface area contributed by atoms with Gasteiger partial charge in [-0.25, -0.2) is 9.78 Å². The minimum absolute atomic E-state index is 0.159. The number of nitrogens with zero attached hydrogens (tertiary/aromatic N) is 1. The molecule has 0 bridgehead atoms. The van der Waals surface area contributed by atoms with Crippen LogP contribution in [0, 0.1) is 0 Å². The zero-order valence-corrected chi connectivity index (χ0v) is 8.81. The first-order chi connectivity index (χ1) is 7.50. The number of pyridine rings is 1. The minimum atomic E-state index is -1.62. The summed E-state index contributed by atoms with van der Waals surface area (Å²) < 4.78 is 0. The average molecular weight is 245 g/mol.